The SMILES string of the molecule is CN(C)/C=N/c1nnc(SCc2ccc(Cl)cc2)s1. The number of nitrogens with zero attached hydrogens (tertiary/aromatic N) is 4. The summed E-state index contributed by atoms with van der Waals surface area (Å²) >= 11 is 8.98. The number of hydrogen-bond donors (Lipinski definition) is 0. The van der Waals surface area contributed by atoms with Crippen LogP contribution in [0, 0.1) is 0 Å². The van der Waals surface area contributed by atoms with Crippen molar-refractivity contribution in [2.24, 2.45) is 4.99 Å². The van der Waals surface area contributed by atoms with E-state index in [0.29, 0.717) is 5.13 Å². The summed E-state index contributed by atoms with van der Waals surface area (Å²) < 4.78 is 0.917. The summed E-state index contributed by atoms with van der Waals surface area (Å²) in [5, 5.41) is 9.54. The number of halogens is 1. The van der Waals surface area contributed by atoms with E-state index < -0.39 is 0 Å². The Labute approximate surface area is 125 Å². The fourth-order valence-electron chi connectivity index (χ4n) is 1.20. The zero-order valence-corrected chi connectivity index (χ0v) is 13.0. The molecule has 4 nitrogen and oxygen atoms in total. The highest BCUT2D eigenvalue weighted by Gasteiger charge is 2.04. The van der Waals surface area contributed by atoms with Crippen molar-refractivity contribution in [2.45, 2.75) is 10.1 Å². The highest BCUT2D eigenvalue weighted by molar-refractivity contribution is 8.00. The second-order valence-electron chi connectivity index (χ2n) is 3.97. The molecule has 0 saturated heterocycles. The van der Waals surface area contributed by atoms with Crippen molar-refractivity contribution in [1.82, 2.24) is 15.1 Å². The van der Waals surface area contributed by atoms with Gasteiger partial charge in [0, 0.05) is 24.9 Å². The first-order valence-corrected chi connectivity index (χ1v) is 7.73. The van der Waals surface area contributed by atoms with Gasteiger partial charge < -0.3 is 4.90 Å². The Morgan fingerprint density at radius 2 is 2.05 bits per heavy atom. The molecular weight excluding hydrogens is 300 g/mol. The molecule has 0 N–H and O–H groups in total. The van der Waals surface area contributed by atoms with Crippen molar-refractivity contribution in [3.05, 3.63) is 34.9 Å². The lowest BCUT2D eigenvalue weighted by molar-refractivity contribution is 0.643. The van der Waals surface area contributed by atoms with Crippen molar-refractivity contribution >= 4 is 46.2 Å². The molecule has 0 fully saturated rings. The van der Waals surface area contributed by atoms with Gasteiger partial charge in [-0.1, -0.05) is 46.8 Å². The molecule has 0 aliphatic heterocycles. The molecule has 1 heterocycles. The number of hydrogen-bond acceptors (Lipinski definition) is 5. The van der Waals surface area contributed by atoms with Crippen LogP contribution in [0.4, 0.5) is 5.13 Å². The van der Waals surface area contributed by atoms with Crippen molar-refractivity contribution < 1.29 is 0 Å². The summed E-state index contributed by atoms with van der Waals surface area (Å²) in [5.41, 5.74) is 1.21. The minimum atomic E-state index is 0.673. The second-order valence-corrected chi connectivity index (χ2v) is 6.59. The van der Waals surface area contributed by atoms with Gasteiger partial charge in [0.15, 0.2) is 4.34 Å². The summed E-state index contributed by atoms with van der Waals surface area (Å²) in [7, 11) is 3.83. The summed E-state index contributed by atoms with van der Waals surface area (Å²) in [6.07, 6.45) is 1.72. The predicted octanol–water partition coefficient (Wildman–Crippen LogP) is 3.71. The zero-order chi connectivity index (χ0) is 13.7. The quantitative estimate of drug-likeness (QED) is 0.479. The summed E-state index contributed by atoms with van der Waals surface area (Å²) in [6, 6.07) is 7.82. The van der Waals surface area contributed by atoms with Gasteiger partial charge in [-0.25, -0.2) is 4.99 Å². The lowest BCUT2D eigenvalue weighted by atomic mass is 10.2. The maximum atomic E-state index is 5.85. The molecule has 0 unspecified atom stereocenters. The van der Waals surface area contributed by atoms with Gasteiger partial charge >= 0.3 is 0 Å². The fourth-order valence-corrected chi connectivity index (χ4v) is 2.97. The lowest BCUT2D eigenvalue weighted by Gasteiger charge is -1.99. The van der Waals surface area contributed by atoms with Crippen LogP contribution in [0.25, 0.3) is 0 Å². The molecule has 0 aliphatic rings. The van der Waals surface area contributed by atoms with Crippen LogP contribution in [-0.4, -0.2) is 35.5 Å². The van der Waals surface area contributed by atoms with E-state index in [1.54, 1.807) is 18.1 Å². The summed E-state index contributed by atoms with van der Waals surface area (Å²) in [4.78, 5) is 6.07. The van der Waals surface area contributed by atoms with Crippen LogP contribution >= 0.6 is 34.7 Å². The maximum absolute atomic E-state index is 5.85. The van der Waals surface area contributed by atoms with Gasteiger partial charge in [-0.2, -0.15) is 0 Å². The molecule has 0 amide bonds. The Hall–Kier alpha value is -1.11. The normalized spacial score (nSPS) is 11.1. The Balaban J connectivity index is 1.91. The van der Waals surface area contributed by atoms with E-state index in [0.717, 1.165) is 15.1 Å². The highest BCUT2D eigenvalue weighted by atomic mass is 35.5. The average molecular weight is 313 g/mol. The van der Waals surface area contributed by atoms with Gasteiger partial charge in [-0.05, 0) is 17.7 Å². The van der Waals surface area contributed by atoms with Crippen molar-refractivity contribution in [3.63, 3.8) is 0 Å². The number of benzene rings is 1. The Morgan fingerprint density at radius 1 is 1.32 bits per heavy atom. The van der Waals surface area contributed by atoms with Crippen LogP contribution in [0.1, 0.15) is 5.56 Å². The minimum absolute atomic E-state index is 0.673. The van der Waals surface area contributed by atoms with Gasteiger partial charge in [0.2, 0.25) is 5.13 Å². The molecule has 7 heteroatoms. The highest BCUT2D eigenvalue weighted by Crippen LogP contribution is 2.29. The van der Waals surface area contributed by atoms with Gasteiger partial charge in [0.1, 0.15) is 0 Å². The minimum Gasteiger partial charge on any atom is -0.369 e. The van der Waals surface area contributed by atoms with Crippen LogP contribution in [0.2, 0.25) is 5.02 Å². The Morgan fingerprint density at radius 3 is 2.74 bits per heavy atom. The van der Waals surface area contributed by atoms with E-state index in [1.165, 1.54) is 16.9 Å². The molecule has 1 aromatic heterocycles. The number of aromatic nitrogens is 2. The smallest absolute Gasteiger partial charge is 0.233 e. The molecule has 2 aromatic rings. The molecule has 1 aromatic carbocycles. The molecule has 0 saturated carbocycles. The topological polar surface area (TPSA) is 41.4 Å². The molecule has 0 bridgehead atoms. The third-order valence-corrected chi connectivity index (χ3v) is 4.36. The fraction of sp³-hybridized carbons (Fsp3) is 0.250. The predicted molar refractivity (Wildman–Crippen MR) is 82.8 cm³/mol. The number of rotatable bonds is 5. The Bertz CT molecular complexity index is 551. The first-order chi connectivity index (χ1) is 9.13. The molecule has 0 aliphatic carbocycles. The first kappa shape index (κ1) is 14.3. The maximum Gasteiger partial charge on any atom is 0.233 e. The largest absolute Gasteiger partial charge is 0.369 e. The third kappa shape index (κ3) is 4.81. The van der Waals surface area contributed by atoms with Gasteiger partial charge in [-0.3, -0.25) is 0 Å². The van der Waals surface area contributed by atoms with Crippen LogP contribution < -0.4 is 0 Å². The van der Waals surface area contributed by atoms with Gasteiger partial charge in [0.25, 0.3) is 0 Å². The van der Waals surface area contributed by atoms with Gasteiger partial charge in [-0.15, -0.1) is 10.2 Å². The van der Waals surface area contributed by atoms with Crippen LogP contribution in [0.3, 0.4) is 0 Å². The number of aliphatic imine (C=N–C) groups is 1. The van der Waals surface area contributed by atoms with Crippen molar-refractivity contribution in [3.8, 4) is 0 Å². The third-order valence-electron chi connectivity index (χ3n) is 2.07. The van der Waals surface area contributed by atoms with E-state index in [2.05, 4.69) is 15.2 Å². The second kappa shape index (κ2) is 6.88. The zero-order valence-electron chi connectivity index (χ0n) is 10.6. The van der Waals surface area contributed by atoms with Crippen molar-refractivity contribution in [2.75, 3.05) is 14.1 Å². The van der Waals surface area contributed by atoms with Crippen LogP contribution in [0.15, 0.2) is 33.6 Å². The lowest BCUT2D eigenvalue weighted by Crippen LogP contribution is -2.06. The van der Waals surface area contributed by atoms with Crippen molar-refractivity contribution in [1.29, 1.82) is 0 Å². The molecule has 0 spiro atoms. The standard InChI is InChI=1S/C12H13ClN4S2/c1-17(2)8-14-11-15-16-12(19-11)18-7-9-3-5-10(13)6-4-9/h3-6,8H,7H2,1-2H3/b14-8+. The molecular formula is C12H13ClN4S2. The Kier molecular flexibility index (Phi) is 5.18. The average Bonchev–Trinajstić information content (AvgIpc) is 2.84. The molecule has 100 valence electrons. The van der Waals surface area contributed by atoms with E-state index in [9.17, 15) is 0 Å². The van der Waals surface area contributed by atoms with E-state index in [4.69, 9.17) is 11.6 Å². The monoisotopic (exact) mass is 312 g/mol. The van der Waals surface area contributed by atoms with Gasteiger partial charge in [0.05, 0.1) is 6.34 Å². The summed E-state index contributed by atoms with van der Waals surface area (Å²) in [6.45, 7) is 0. The van der Waals surface area contributed by atoms with Crippen LogP contribution in [-0.2, 0) is 5.75 Å². The molecule has 19 heavy (non-hydrogen) atoms. The van der Waals surface area contributed by atoms with E-state index in [1.807, 2.05) is 43.3 Å². The molecule has 0 radical (unpaired) electrons. The van der Waals surface area contributed by atoms with E-state index in [-0.39, 0.29) is 0 Å². The number of thioether (sulfide) groups is 1. The van der Waals surface area contributed by atoms with Crippen LogP contribution in [0.5, 0.6) is 0 Å². The molecule has 2 rings (SSSR count). The molecule has 0 atom stereocenters. The van der Waals surface area contributed by atoms with E-state index >= 15 is 0 Å². The summed E-state index contributed by atoms with van der Waals surface area (Å²) in [5.74, 6) is 0.850. The first-order valence-electron chi connectivity index (χ1n) is 5.55.